The Hall–Kier alpha value is -2.25. The van der Waals surface area contributed by atoms with Gasteiger partial charge in [-0.2, -0.15) is 5.10 Å². The zero-order valence-electron chi connectivity index (χ0n) is 13.4. The van der Waals surface area contributed by atoms with Crippen LogP contribution in [0.1, 0.15) is 29.4 Å². The molecule has 8 heteroatoms. The van der Waals surface area contributed by atoms with Crippen molar-refractivity contribution in [1.29, 1.82) is 0 Å². The molecule has 1 aromatic carbocycles. The van der Waals surface area contributed by atoms with E-state index in [4.69, 9.17) is 11.6 Å². The van der Waals surface area contributed by atoms with Crippen molar-refractivity contribution < 1.29 is 4.79 Å². The maximum Gasteiger partial charge on any atom is 0.273 e. The quantitative estimate of drug-likeness (QED) is 0.704. The minimum absolute atomic E-state index is 0.0124. The maximum atomic E-state index is 12.7. The van der Waals surface area contributed by atoms with Gasteiger partial charge in [0.2, 0.25) is 0 Å². The number of benzene rings is 1. The topological polar surface area (TPSA) is 63.9 Å². The Kier molecular flexibility index (Phi) is 4.50. The minimum Gasteiger partial charge on any atom is -0.337 e. The molecule has 2 aromatic heterocycles. The standard InChI is InChI=1S/C17H16ClN5OS/c18-13-3-1-2-12(8-13)16-21-15(9-25-16)17(24)22-6-4-14(5-7-22)23-11-19-10-20-23/h1-3,8-11,14H,4-7H2. The van der Waals surface area contributed by atoms with Crippen molar-refractivity contribution in [2.75, 3.05) is 13.1 Å². The van der Waals surface area contributed by atoms with Crippen LogP contribution in [0.4, 0.5) is 0 Å². The van der Waals surface area contributed by atoms with Gasteiger partial charge in [0.25, 0.3) is 5.91 Å². The summed E-state index contributed by atoms with van der Waals surface area (Å²) >= 11 is 7.49. The summed E-state index contributed by atoms with van der Waals surface area (Å²) in [5.41, 5.74) is 1.43. The molecule has 25 heavy (non-hydrogen) atoms. The normalized spacial score (nSPS) is 15.5. The molecular weight excluding hydrogens is 358 g/mol. The van der Waals surface area contributed by atoms with Crippen LogP contribution in [0.3, 0.4) is 0 Å². The molecule has 1 saturated heterocycles. The number of likely N-dealkylation sites (tertiary alicyclic amines) is 1. The third-order valence-corrected chi connectivity index (χ3v) is 5.48. The fraction of sp³-hybridized carbons (Fsp3) is 0.294. The van der Waals surface area contributed by atoms with Crippen molar-refractivity contribution in [3.8, 4) is 10.6 Å². The number of carbonyl (C=O) groups excluding carboxylic acids is 1. The predicted molar refractivity (Wildman–Crippen MR) is 96.8 cm³/mol. The van der Waals surface area contributed by atoms with Gasteiger partial charge in [-0.25, -0.2) is 14.6 Å². The van der Waals surface area contributed by atoms with Crippen molar-refractivity contribution in [2.45, 2.75) is 18.9 Å². The second-order valence-corrected chi connectivity index (χ2v) is 7.24. The molecule has 0 aliphatic carbocycles. The van der Waals surface area contributed by atoms with Gasteiger partial charge in [0.05, 0.1) is 6.04 Å². The lowest BCUT2D eigenvalue weighted by molar-refractivity contribution is 0.0685. The van der Waals surface area contributed by atoms with Crippen LogP contribution in [0.2, 0.25) is 5.02 Å². The van der Waals surface area contributed by atoms with E-state index in [0.717, 1.165) is 23.4 Å². The first-order chi connectivity index (χ1) is 12.2. The SMILES string of the molecule is O=C(c1csc(-c2cccc(Cl)c2)n1)N1CCC(n2cncn2)CC1. The summed E-state index contributed by atoms with van der Waals surface area (Å²) in [6, 6.07) is 7.82. The van der Waals surface area contributed by atoms with Gasteiger partial charge in [-0.15, -0.1) is 11.3 Å². The Morgan fingerprint density at radius 2 is 2.12 bits per heavy atom. The highest BCUT2D eigenvalue weighted by Crippen LogP contribution is 2.27. The van der Waals surface area contributed by atoms with Gasteiger partial charge in [0, 0.05) is 29.1 Å². The molecule has 0 atom stereocenters. The van der Waals surface area contributed by atoms with E-state index in [-0.39, 0.29) is 5.91 Å². The molecule has 1 fully saturated rings. The number of halogens is 1. The van der Waals surface area contributed by atoms with Gasteiger partial charge in [0.1, 0.15) is 23.4 Å². The predicted octanol–water partition coefficient (Wildman–Crippen LogP) is 3.53. The highest BCUT2D eigenvalue weighted by Gasteiger charge is 2.26. The van der Waals surface area contributed by atoms with Gasteiger partial charge in [-0.05, 0) is 25.0 Å². The molecule has 0 bridgehead atoms. The van der Waals surface area contributed by atoms with E-state index >= 15 is 0 Å². The summed E-state index contributed by atoms with van der Waals surface area (Å²) in [5, 5.41) is 7.49. The van der Waals surface area contributed by atoms with Gasteiger partial charge >= 0.3 is 0 Å². The Balaban J connectivity index is 1.44. The maximum absolute atomic E-state index is 12.7. The van der Waals surface area contributed by atoms with E-state index in [1.807, 2.05) is 39.2 Å². The number of hydrogen-bond acceptors (Lipinski definition) is 5. The molecule has 0 spiro atoms. The summed E-state index contributed by atoms with van der Waals surface area (Å²) in [6.45, 7) is 1.40. The average Bonchev–Trinajstić information content (AvgIpc) is 3.33. The fourth-order valence-electron chi connectivity index (χ4n) is 3.03. The lowest BCUT2D eigenvalue weighted by Crippen LogP contribution is -2.39. The first-order valence-electron chi connectivity index (χ1n) is 8.05. The number of amides is 1. The van der Waals surface area contributed by atoms with E-state index in [1.165, 1.54) is 11.3 Å². The van der Waals surface area contributed by atoms with Crippen LogP contribution >= 0.6 is 22.9 Å². The summed E-state index contributed by atoms with van der Waals surface area (Å²) in [6.07, 6.45) is 5.03. The summed E-state index contributed by atoms with van der Waals surface area (Å²) < 4.78 is 1.88. The molecule has 3 aromatic rings. The molecule has 3 heterocycles. The minimum atomic E-state index is -0.0124. The smallest absolute Gasteiger partial charge is 0.273 e. The zero-order chi connectivity index (χ0) is 17.2. The van der Waals surface area contributed by atoms with E-state index in [0.29, 0.717) is 29.8 Å². The molecule has 0 N–H and O–H groups in total. The highest BCUT2D eigenvalue weighted by atomic mass is 35.5. The number of piperidine rings is 1. The molecule has 1 amide bonds. The Morgan fingerprint density at radius 3 is 2.84 bits per heavy atom. The van der Waals surface area contributed by atoms with Crippen LogP contribution in [-0.4, -0.2) is 43.6 Å². The van der Waals surface area contributed by atoms with Crippen molar-refractivity contribution in [3.05, 3.63) is 53.0 Å². The Morgan fingerprint density at radius 1 is 1.28 bits per heavy atom. The van der Waals surface area contributed by atoms with Crippen molar-refractivity contribution in [1.82, 2.24) is 24.6 Å². The van der Waals surface area contributed by atoms with Gasteiger partial charge < -0.3 is 4.90 Å². The number of nitrogens with zero attached hydrogens (tertiary/aromatic N) is 5. The zero-order valence-corrected chi connectivity index (χ0v) is 15.0. The molecule has 0 unspecified atom stereocenters. The molecule has 1 aliphatic heterocycles. The van der Waals surface area contributed by atoms with Gasteiger partial charge in [-0.1, -0.05) is 23.7 Å². The number of carbonyl (C=O) groups is 1. The van der Waals surface area contributed by atoms with E-state index in [1.54, 1.807) is 12.7 Å². The second-order valence-electron chi connectivity index (χ2n) is 5.95. The Labute approximate surface area is 154 Å². The summed E-state index contributed by atoms with van der Waals surface area (Å²) in [7, 11) is 0. The third kappa shape index (κ3) is 3.43. The highest BCUT2D eigenvalue weighted by molar-refractivity contribution is 7.13. The van der Waals surface area contributed by atoms with E-state index < -0.39 is 0 Å². The molecule has 0 radical (unpaired) electrons. The molecule has 6 nitrogen and oxygen atoms in total. The van der Waals surface area contributed by atoms with Crippen LogP contribution < -0.4 is 0 Å². The number of hydrogen-bond donors (Lipinski definition) is 0. The lowest BCUT2D eigenvalue weighted by atomic mass is 10.1. The fourth-order valence-corrected chi connectivity index (χ4v) is 4.01. The van der Waals surface area contributed by atoms with E-state index in [2.05, 4.69) is 15.1 Å². The first-order valence-corrected chi connectivity index (χ1v) is 9.31. The van der Waals surface area contributed by atoms with Crippen molar-refractivity contribution >= 4 is 28.8 Å². The van der Waals surface area contributed by atoms with Crippen LogP contribution in [0.25, 0.3) is 10.6 Å². The largest absolute Gasteiger partial charge is 0.337 e. The third-order valence-electron chi connectivity index (χ3n) is 4.36. The van der Waals surface area contributed by atoms with Crippen LogP contribution in [0, 0.1) is 0 Å². The average molecular weight is 374 g/mol. The lowest BCUT2D eigenvalue weighted by Gasteiger charge is -2.31. The molecule has 128 valence electrons. The monoisotopic (exact) mass is 373 g/mol. The summed E-state index contributed by atoms with van der Waals surface area (Å²) in [5.74, 6) is -0.0124. The van der Waals surface area contributed by atoms with Crippen molar-refractivity contribution in [2.24, 2.45) is 0 Å². The number of rotatable bonds is 3. The number of thiazole rings is 1. The van der Waals surface area contributed by atoms with Crippen molar-refractivity contribution in [3.63, 3.8) is 0 Å². The second kappa shape index (κ2) is 6.93. The van der Waals surface area contributed by atoms with Crippen LogP contribution in [-0.2, 0) is 0 Å². The molecule has 1 aliphatic rings. The van der Waals surface area contributed by atoms with Crippen LogP contribution in [0.5, 0.6) is 0 Å². The first kappa shape index (κ1) is 16.2. The molecule has 4 rings (SSSR count). The Bertz CT molecular complexity index is 871. The van der Waals surface area contributed by atoms with Gasteiger partial charge in [0.15, 0.2) is 0 Å². The van der Waals surface area contributed by atoms with Gasteiger partial charge in [-0.3, -0.25) is 4.79 Å². The molecular formula is C17H16ClN5OS. The van der Waals surface area contributed by atoms with Crippen LogP contribution in [0.15, 0.2) is 42.3 Å². The summed E-state index contributed by atoms with van der Waals surface area (Å²) in [4.78, 5) is 23.1. The molecule has 0 saturated carbocycles. The number of aromatic nitrogens is 4. The van der Waals surface area contributed by atoms with E-state index in [9.17, 15) is 4.79 Å².